The summed E-state index contributed by atoms with van der Waals surface area (Å²) in [5.41, 5.74) is 0.0727. The van der Waals surface area contributed by atoms with Crippen molar-refractivity contribution < 1.29 is 14.3 Å². The minimum Gasteiger partial charge on any atom is -0.456 e. The molecule has 1 atom stereocenters. The standard InChI is InChI=1S/C14H23NO3/c1-6-11-10(4)7-12(18-11)13(16)15-8-14(5,17)9(2)3/h7,9,17H,6,8H2,1-5H3,(H,15,16). The Hall–Kier alpha value is -1.29. The van der Waals surface area contributed by atoms with E-state index in [4.69, 9.17) is 4.42 Å². The molecule has 102 valence electrons. The van der Waals surface area contributed by atoms with Crippen molar-refractivity contribution in [3.8, 4) is 0 Å². The van der Waals surface area contributed by atoms with E-state index < -0.39 is 5.60 Å². The third kappa shape index (κ3) is 3.35. The van der Waals surface area contributed by atoms with Gasteiger partial charge in [-0.15, -0.1) is 0 Å². The molecule has 0 fully saturated rings. The lowest BCUT2D eigenvalue weighted by molar-refractivity contribution is 0.0139. The van der Waals surface area contributed by atoms with E-state index >= 15 is 0 Å². The van der Waals surface area contributed by atoms with Crippen LogP contribution in [0.3, 0.4) is 0 Å². The number of furan rings is 1. The summed E-state index contributed by atoms with van der Waals surface area (Å²) in [5, 5.41) is 12.8. The summed E-state index contributed by atoms with van der Waals surface area (Å²) in [6.07, 6.45) is 0.767. The topological polar surface area (TPSA) is 62.5 Å². The van der Waals surface area contributed by atoms with Gasteiger partial charge in [-0.3, -0.25) is 4.79 Å². The van der Waals surface area contributed by atoms with Gasteiger partial charge in [0.2, 0.25) is 0 Å². The molecule has 18 heavy (non-hydrogen) atoms. The third-order valence-electron chi connectivity index (χ3n) is 3.42. The number of rotatable bonds is 5. The van der Waals surface area contributed by atoms with Crippen LogP contribution in [0.15, 0.2) is 10.5 Å². The fourth-order valence-electron chi connectivity index (χ4n) is 1.53. The molecule has 1 aromatic rings. The summed E-state index contributed by atoms with van der Waals surface area (Å²) in [6.45, 7) is 9.66. The number of nitrogens with one attached hydrogen (secondary N) is 1. The van der Waals surface area contributed by atoms with Crippen LogP contribution < -0.4 is 5.32 Å². The minimum absolute atomic E-state index is 0.0716. The molecule has 1 heterocycles. The van der Waals surface area contributed by atoms with Crippen LogP contribution in [-0.2, 0) is 6.42 Å². The number of aliphatic hydroxyl groups is 1. The molecular formula is C14H23NO3. The van der Waals surface area contributed by atoms with Crippen LogP contribution in [0, 0.1) is 12.8 Å². The van der Waals surface area contributed by atoms with Gasteiger partial charge in [0, 0.05) is 13.0 Å². The molecular weight excluding hydrogens is 230 g/mol. The second-order valence-electron chi connectivity index (χ2n) is 5.26. The summed E-state index contributed by atoms with van der Waals surface area (Å²) in [6, 6.07) is 1.73. The number of hydrogen-bond donors (Lipinski definition) is 2. The third-order valence-corrected chi connectivity index (χ3v) is 3.42. The van der Waals surface area contributed by atoms with Crippen molar-refractivity contribution in [1.82, 2.24) is 5.32 Å². The zero-order chi connectivity index (χ0) is 13.9. The normalized spacial score (nSPS) is 14.6. The SMILES string of the molecule is CCc1oc(C(=O)NCC(C)(O)C(C)C)cc1C. The van der Waals surface area contributed by atoms with Crippen LogP contribution >= 0.6 is 0 Å². The Morgan fingerprint density at radius 1 is 1.56 bits per heavy atom. The summed E-state index contributed by atoms with van der Waals surface area (Å²) in [5.74, 6) is 0.931. The summed E-state index contributed by atoms with van der Waals surface area (Å²) >= 11 is 0. The monoisotopic (exact) mass is 253 g/mol. The molecule has 1 rings (SSSR count). The minimum atomic E-state index is -0.912. The van der Waals surface area contributed by atoms with Crippen LogP contribution in [0.1, 0.15) is 49.6 Å². The molecule has 1 amide bonds. The van der Waals surface area contributed by atoms with E-state index in [1.54, 1.807) is 13.0 Å². The average molecular weight is 253 g/mol. The molecule has 0 spiro atoms. The largest absolute Gasteiger partial charge is 0.456 e. The van der Waals surface area contributed by atoms with E-state index in [1.165, 1.54) is 0 Å². The molecule has 0 aromatic carbocycles. The smallest absolute Gasteiger partial charge is 0.287 e. The Morgan fingerprint density at radius 2 is 2.17 bits per heavy atom. The average Bonchev–Trinajstić information content (AvgIpc) is 2.67. The molecule has 0 aliphatic rings. The first-order valence-corrected chi connectivity index (χ1v) is 6.37. The van der Waals surface area contributed by atoms with Crippen molar-refractivity contribution in [2.45, 2.75) is 46.6 Å². The Morgan fingerprint density at radius 3 is 2.61 bits per heavy atom. The highest BCUT2D eigenvalue weighted by molar-refractivity contribution is 5.91. The first-order chi connectivity index (χ1) is 8.27. The molecule has 0 aliphatic heterocycles. The second-order valence-corrected chi connectivity index (χ2v) is 5.26. The lowest BCUT2D eigenvalue weighted by Crippen LogP contribution is -2.44. The highest BCUT2D eigenvalue weighted by atomic mass is 16.4. The predicted octanol–water partition coefficient (Wildman–Crippen LogP) is 2.29. The number of carbonyl (C=O) groups excluding carboxylic acids is 1. The Kier molecular flexibility index (Phi) is 4.57. The maximum atomic E-state index is 11.9. The Labute approximate surface area is 108 Å². The molecule has 0 bridgehead atoms. The molecule has 2 N–H and O–H groups in total. The van der Waals surface area contributed by atoms with Crippen LogP contribution in [0.25, 0.3) is 0 Å². The van der Waals surface area contributed by atoms with Gasteiger partial charge in [-0.25, -0.2) is 0 Å². The molecule has 1 aromatic heterocycles. The van der Waals surface area contributed by atoms with Crippen LogP contribution in [0.4, 0.5) is 0 Å². The van der Waals surface area contributed by atoms with E-state index in [2.05, 4.69) is 5.32 Å². The number of amides is 1. The molecule has 4 nitrogen and oxygen atoms in total. The number of carbonyl (C=O) groups is 1. The maximum Gasteiger partial charge on any atom is 0.287 e. The van der Waals surface area contributed by atoms with Crippen LogP contribution in [0.2, 0.25) is 0 Å². The van der Waals surface area contributed by atoms with Crippen molar-refractivity contribution in [3.05, 3.63) is 23.2 Å². The zero-order valence-electron chi connectivity index (χ0n) is 11.8. The van der Waals surface area contributed by atoms with Crippen molar-refractivity contribution in [3.63, 3.8) is 0 Å². The first kappa shape index (κ1) is 14.8. The van der Waals surface area contributed by atoms with Gasteiger partial charge in [0.15, 0.2) is 5.76 Å². The van der Waals surface area contributed by atoms with E-state index in [0.29, 0.717) is 5.76 Å². The summed E-state index contributed by atoms with van der Waals surface area (Å²) < 4.78 is 5.46. The van der Waals surface area contributed by atoms with Crippen molar-refractivity contribution in [1.29, 1.82) is 0 Å². The van der Waals surface area contributed by atoms with Crippen molar-refractivity contribution >= 4 is 5.91 Å². The number of aryl methyl sites for hydroxylation is 2. The van der Waals surface area contributed by atoms with Gasteiger partial charge in [0.05, 0.1) is 5.60 Å². The Bertz CT molecular complexity index is 419. The van der Waals surface area contributed by atoms with E-state index in [9.17, 15) is 9.90 Å². The fraction of sp³-hybridized carbons (Fsp3) is 0.643. The van der Waals surface area contributed by atoms with E-state index in [1.807, 2.05) is 27.7 Å². The highest BCUT2D eigenvalue weighted by Crippen LogP contribution is 2.17. The molecule has 0 radical (unpaired) electrons. The number of hydrogen-bond acceptors (Lipinski definition) is 3. The quantitative estimate of drug-likeness (QED) is 0.846. The Balaban J connectivity index is 2.66. The maximum absolute atomic E-state index is 11.9. The van der Waals surface area contributed by atoms with Crippen LogP contribution in [-0.4, -0.2) is 23.2 Å². The van der Waals surface area contributed by atoms with Gasteiger partial charge < -0.3 is 14.8 Å². The van der Waals surface area contributed by atoms with Crippen molar-refractivity contribution in [2.24, 2.45) is 5.92 Å². The van der Waals surface area contributed by atoms with E-state index in [0.717, 1.165) is 17.7 Å². The van der Waals surface area contributed by atoms with E-state index in [-0.39, 0.29) is 18.4 Å². The lowest BCUT2D eigenvalue weighted by atomic mass is 9.92. The molecule has 1 unspecified atom stereocenters. The fourth-order valence-corrected chi connectivity index (χ4v) is 1.53. The van der Waals surface area contributed by atoms with Crippen LogP contribution in [0.5, 0.6) is 0 Å². The molecule has 0 aliphatic carbocycles. The highest BCUT2D eigenvalue weighted by Gasteiger charge is 2.26. The van der Waals surface area contributed by atoms with Crippen molar-refractivity contribution in [2.75, 3.05) is 6.54 Å². The lowest BCUT2D eigenvalue weighted by Gasteiger charge is -2.27. The van der Waals surface area contributed by atoms with Gasteiger partial charge in [-0.1, -0.05) is 20.8 Å². The van der Waals surface area contributed by atoms with Gasteiger partial charge >= 0.3 is 0 Å². The molecule has 4 heteroatoms. The van der Waals surface area contributed by atoms with Gasteiger partial charge in [0.1, 0.15) is 5.76 Å². The molecule has 0 saturated heterocycles. The predicted molar refractivity (Wildman–Crippen MR) is 70.6 cm³/mol. The van der Waals surface area contributed by atoms with Gasteiger partial charge in [0.25, 0.3) is 5.91 Å². The van der Waals surface area contributed by atoms with Gasteiger partial charge in [-0.05, 0) is 31.4 Å². The summed E-state index contributed by atoms with van der Waals surface area (Å²) in [4.78, 5) is 11.9. The second kappa shape index (κ2) is 5.57. The molecule has 0 saturated carbocycles. The summed E-state index contributed by atoms with van der Waals surface area (Å²) in [7, 11) is 0. The first-order valence-electron chi connectivity index (χ1n) is 6.37. The zero-order valence-corrected chi connectivity index (χ0v) is 11.8. The van der Waals surface area contributed by atoms with Gasteiger partial charge in [-0.2, -0.15) is 0 Å².